The summed E-state index contributed by atoms with van der Waals surface area (Å²) in [5, 5.41) is 0. The summed E-state index contributed by atoms with van der Waals surface area (Å²) < 4.78 is 4.42. The number of rotatable bonds is 5. The van der Waals surface area contributed by atoms with Gasteiger partial charge in [0.1, 0.15) is 0 Å². The molecule has 0 aliphatic rings. The maximum Gasteiger partial charge on any atom is 0.330 e. The van der Waals surface area contributed by atoms with Crippen molar-refractivity contribution in [2.45, 2.75) is 32.2 Å². The molecule has 0 aromatic carbocycles. The zero-order valence-electron chi connectivity index (χ0n) is 7.75. The SMILES string of the molecule is CCCCC(N)C=CC(=O)OC. The fourth-order valence-corrected chi connectivity index (χ4v) is 0.806. The average molecular weight is 171 g/mol. The van der Waals surface area contributed by atoms with E-state index < -0.39 is 0 Å². The molecule has 0 saturated carbocycles. The number of carbonyl (C=O) groups is 1. The van der Waals surface area contributed by atoms with Crippen LogP contribution in [0.2, 0.25) is 0 Å². The standard InChI is InChI=1S/C9H17NO2/c1-3-4-5-8(10)6-7-9(11)12-2/h6-8H,3-5,10H2,1-2H3. The third-order valence-corrected chi connectivity index (χ3v) is 1.57. The first-order valence-electron chi connectivity index (χ1n) is 4.22. The molecule has 0 rings (SSSR count). The molecule has 3 nitrogen and oxygen atoms in total. The van der Waals surface area contributed by atoms with Crippen LogP contribution in [0, 0.1) is 0 Å². The van der Waals surface area contributed by atoms with E-state index in [1.54, 1.807) is 6.08 Å². The van der Waals surface area contributed by atoms with Crippen molar-refractivity contribution < 1.29 is 9.53 Å². The molecule has 0 aromatic rings. The quantitative estimate of drug-likeness (QED) is 0.500. The molecule has 0 bridgehead atoms. The average Bonchev–Trinajstić information content (AvgIpc) is 2.10. The largest absolute Gasteiger partial charge is 0.466 e. The molecule has 2 N–H and O–H groups in total. The summed E-state index contributed by atoms with van der Waals surface area (Å²) in [5.74, 6) is -0.345. The van der Waals surface area contributed by atoms with E-state index in [-0.39, 0.29) is 12.0 Å². The van der Waals surface area contributed by atoms with Gasteiger partial charge in [-0.15, -0.1) is 0 Å². The molecular weight excluding hydrogens is 154 g/mol. The highest BCUT2D eigenvalue weighted by atomic mass is 16.5. The smallest absolute Gasteiger partial charge is 0.330 e. The predicted octanol–water partition coefficient (Wildman–Crippen LogP) is 1.23. The van der Waals surface area contributed by atoms with Crippen molar-refractivity contribution >= 4 is 5.97 Å². The minimum absolute atomic E-state index is 0.0240. The fraction of sp³-hybridized carbons (Fsp3) is 0.667. The summed E-state index contributed by atoms with van der Waals surface area (Å²) in [7, 11) is 1.35. The molecule has 1 unspecified atom stereocenters. The molecule has 0 saturated heterocycles. The lowest BCUT2D eigenvalue weighted by atomic mass is 10.1. The first-order valence-corrected chi connectivity index (χ1v) is 4.22. The molecule has 0 aliphatic heterocycles. The summed E-state index contributed by atoms with van der Waals surface area (Å²) in [6.45, 7) is 2.11. The monoisotopic (exact) mass is 171 g/mol. The zero-order valence-corrected chi connectivity index (χ0v) is 7.75. The molecule has 0 amide bonds. The molecule has 1 atom stereocenters. The normalized spacial score (nSPS) is 13.2. The Labute approximate surface area is 73.6 Å². The topological polar surface area (TPSA) is 52.3 Å². The zero-order chi connectivity index (χ0) is 9.40. The lowest BCUT2D eigenvalue weighted by molar-refractivity contribution is -0.134. The fourth-order valence-electron chi connectivity index (χ4n) is 0.806. The molecule has 0 radical (unpaired) electrons. The van der Waals surface area contributed by atoms with Gasteiger partial charge in [0.25, 0.3) is 0 Å². The van der Waals surface area contributed by atoms with Gasteiger partial charge in [-0.3, -0.25) is 0 Å². The van der Waals surface area contributed by atoms with Gasteiger partial charge in [-0.05, 0) is 6.42 Å². The van der Waals surface area contributed by atoms with Gasteiger partial charge in [-0.1, -0.05) is 25.8 Å². The van der Waals surface area contributed by atoms with E-state index in [0.717, 1.165) is 19.3 Å². The lowest BCUT2D eigenvalue weighted by Crippen LogP contribution is -2.16. The Balaban J connectivity index is 3.59. The van der Waals surface area contributed by atoms with Crippen LogP contribution >= 0.6 is 0 Å². The maximum atomic E-state index is 10.6. The van der Waals surface area contributed by atoms with E-state index in [4.69, 9.17) is 5.73 Å². The van der Waals surface area contributed by atoms with E-state index in [1.165, 1.54) is 13.2 Å². The van der Waals surface area contributed by atoms with Gasteiger partial charge in [-0.25, -0.2) is 4.79 Å². The number of methoxy groups -OCH3 is 1. The van der Waals surface area contributed by atoms with Crippen LogP contribution in [-0.2, 0) is 9.53 Å². The van der Waals surface area contributed by atoms with Crippen LogP contribution in [0.25, 0.3) is 0 Å². The van der Waals surface area contributed by atoms with Gasteiger partial charge in [0, 0.05) is 12.1 Å². The van der Waals surface area contributed by atoms with Gasteiger partial charge in [0.15, 0.2) is 0 Å². The molecule has 0 aliphatic carbocycles. The van der Waals surface area contributed by atoms with E-state index in [0.29, 0.717) is 0 Å². The number of unbranched alkanes of at least 4 members (excludes halogenated alkanes) is 1. The van der Waals surface area contributed by atoms with Crippen LogP contribution in [0.1, 0.15) is 26.2 Å². The van der Waals surface area contributed by atoms with Crippen molar-refractivity contribution in [3.8, 4) is 0 Å². The van der Waals surface area contributed by atoms with E-state index in [1.807, 2.05) is 0 Å². The van der Waals surface area contributed by atoms with Gasteiger partial charge in [-0.2, -0.15) is 0 Å². The number of ether oxygens (including phenoxy) is 1. The van der Waals surface area contributed by atoms with Crippen molar-refractivity contribution in [3.05, 3.63) is 12.2 Å². The molecule has 3 heteroatoms. The highest BCUT2D eigenvalue weighted by molar-refractivity contribution is 5.81. The number of hydrogen-bond donors (Lipinski definition) is 1. The molecule has 0 aromatic heterocycles. The van der Waals surface area contributed by atoms with Crippen LogP contribution in [0.4, 0.5) is 0 Å². The van der Waals surface area contributed by atoms with Gasteiger partial charge < -0.3 is 10.5 Å². The summed E-state index contributed by atoms with van der Waals surface area (Å²) in [4.78, 5) is 10.6. The second-order valence-corrected chi connectivity index (χ2v) is 2.69. The maximum absolute atomic E-state index is 10.6. The van der Waals surface area contributed by atoms with E-state index >= 15 is 0 Å². The summed E-state index contributed by atoms with van der Waals surface area (Å²) >= 11 is 0. The Morgan fingerprint density at radius 1 is 1.67 bits per heavy atom. The third-order valence-electron chi connectivity index (χ3n) is 1.57. The Morgan fingerprint density at radius 3 is 2.83 bits per heavy atom. The van der Waals surface area contributed by atoms with Crippen molar-refractivity contribution in [3.63, 3.8) is 0 Å². The van der Waals surface area contributed by atoms with Crippen molar-refractivity contribution in [2.75, 3.05) is 7.11 Å². The summed E-state index contributed by atoms with van der Waals surface area (Å²) in [6.07, 6.45) is 6.19. The van der Waals surface area contributed by atoms with Crippen molar-refractivity contribution in [1.29, 1.82) is 0 Å². The number of nitrogens with two attached hydrogens (primary N) is 1. The summed E-state index contributed by atoms with van der Waals surface area (Å²) in [5.41, 5.74) is 5.67. The third kappa shape index (κ3) is 5.92. The van der Waals surface area contributed by atoms with Crippen molar-refractivity contribution in [1.82, 2.24) is 0 Å². The molecule has 70 valence electrons. The van der Waals surface area contributed by atoms with Gasteiger partial charge in [0.2, 0.25) is 0 Å². The summed E-state index contributed by atoms with van der Waals surface area (Å²) in [6, 6.07) is -0.0240. The first-order chi connectivity index (χ1) is 5.70. The molecule has 0 spiro atoms. The minimum Gasteiger partial charge on any atom is -0.466 e. The highest BCUT2D eigenvalue weighted by Crippen LogP contribution is 1.98. The lowest BCUT2D eigenvalue weighted by Gasteiger charge is -2.03. The molecule has 0 heterocycles. The Hall–Kier alpha value is -0.830. The Morgan fingerprint density at radius 2 is 2.33 bits per heavy atom. The Kier molecular flexibility index (Phi) is 6.38. The van der Waals surface area contributed by atoms with Crippen LogP contribution in [0.15, 0.2) is 12.2 Å². The predicted molar refractivity (Wildman–Crippen MR) is 48.7 cm³/mol. The van der Waals surface area contributed by atoms with Crippen LogP contribution in [0.3, 0.4) is 0 Å². The van der Waals surface area contributed by atoms with E-state index in [9.17, 15) is 4.79 Å². The van der Waals surface area contributed by atoms with E-state index in [2.05, 4.69) is 11.7 Å². The minimum atomic E-state index is -0.345. The second kappa shape index (κ2) is 6.85. The molecule has 0 fully saturated rings. The Bertz CT molecular complexity index is 155. The first kappa shape index (κ1) is 11.2. The number of hydrogen-bond acceptors (Lipinski definition) is 3. The molecule has 12 heavy (non-hydrogen) atoms. The number of esters is 1. The van der Waals surface area contributed by atoms with Gasteiger partial charge >= 0.3 is 5.97 Å². The van der Waals surface area contributed by atoms with Crippen LogP contribution < -0.4 is 5.73 Å². The van der Waals surface area contributed by atoms with Gasteiger partial charge in [0.05, 0.1) is 7.11 Å². The van der Waals surface area contributed by atoms with Crippen molar-refractivity contribution in [2.24, 2.45) is 5.73 Å². The molecular formula is C9H17NO2. The van der Waals surface area contributed by atoms with Crippen LogP contribution in [0.5, 0.6) is 0 Å². The highest BCUT2D eigenvalue weighted by Gasteiger charge is 1.97. The van der Waals surface area contributed by atoms with Crippen LogP contribution in [-0.4, -0.2) is 19.1 Å². The number of carbonyl (C=O) groups excluding carboxylic acids is 1. The second-order valence-electron chi connectivity index (χ2n) is 2.69.